The molecule has 0 aromatic heterocycles. The molecule has 0 radical (unpaired) electrons. The first kappa shape index (κ1) is 17.8. The van der Waals surface area contributed by atoms with Crippen LogP contribution >= 0.6 is 0 Å². The van der Waals surface area contributed by atoms with Crippen LogP contribution in [0, 0.1) is 5.82 Å². The van der Waals surface area contributed by atoms with Gasteiger partial charge in [-0.3, -0.25) is 4.90 Å². The van der Waals surface area contributed by atoms with E-state index in [2.05, 4.69) is 4.90 Å². The number of hydrogen-bond acceptors (Lipinski definition) is 5. The molecular weight excluding hydrogens is 313 g/mol. The lowest BCUT2D eigenvalue weighted by atomic mass is 9.90. The minimum Gasteiger partial charge on any atom is -0.393 e. The fourth-order valence-corrected chi connectivity index (χ4v) is 3.66. The summed E-state index contributed by atoms with van der Waals surface area (Å²) in [7, 11) is 0. The quantitative estimate of drug-likeness (QED) is 0.837. The second kappa shape index (κ2) is 7.45. The van der Waals surface area contributed by atoms with E-state index in [-0.39, 0.29) is 12.4 Å². The molecule has 24 heavy (non-hydrogen) atoms. The molecule has 5 nitrogen and oxygen atoms in total. The standard InChI is InChI=1S/C18H26FNO4/c19-16-3-1-2-15(10-16)11-18(14-21)13-20(6-9-24-18)12-17(22)4-7-23-8-5-17/h1-3,10,21-22H,4-9,11-14H2/t18-/m1/s1. The van der Waals surface area contributed by atoms with Gasteiger partial charge in [-0.1, -0.05) is 12.1 Å². The summed E-state index contributed by atoms with van der Waals surface area (Å²) in [5, 5.41) is 20.7. The van der Waals surface area contributed by atoms with E-state index in [1.54, 1.807) is 6.07 Å². The molecule has 2 aliphatic rings. The van der Waals surface area contributed by atoms with Crippen molar-refractivity contribution in [2.45, 2.75) is 30.5 Å². The summed E-state index contributed by atoms with van der Waals surface area (Å²) in [6.07, 6.45) is 1.69. The molecule has 1 aromatic rings. The van der Waals surface area contributed by atoms with Crippen molar-refractivity contribution in [3.05, 3.63) is 35.6 Å². The van der Waals surface area contributed by atoms with Gasteiger partial charge in [0.1, 0.15) is 11.4 Å². The second-order valence-electron chi connectivity index (χ2n) is 7.04. The highest BCUT2D eigenvalue weighted by molar-refractivity contribution is 5.19. The van der Waals surface area contributed by atoms with Crippen molar-refractivity contribution in [3.63, 3.8) is 0 Å². The van der Waals surface area contributed by atoms with Crippen LogP contribution in [0.25, 0.3) is 0 Å². The van der Waals surface area contributed by atoms with E-state index in [0.29, 0.717) is 58.7 Å². The van der Waals surface area contributed by atoms with Crippen LogP contribution in [0.3, 0.4) is 0 Å². The summed E-state index contributed by atoms with van der Waals surface area (Å²) >= 11 is 0. The fourth-order valence-electron chi connectivity index (χ4n) is 3.66. The van der Waals surface area contributed by atoms with Crippen molar-refractivity contribution in [2.24, 2.45) is 0 Å². The molecule has 2 heterocycles. The minimum atomic E-state index is -0.756. The molecule has 1 atom stereocenters. The molecule has 2 fully saturated rings. The summed E-state index contributed by atoms with van der Waals surface area (Å²) in [5.74, 6) is -0.287. The molecular formula is C18H26FNO4. The number of nitrogens with zero attached hydrogens (tertiary/aromatic N) is 1. The van der Waals surface area contributed by atoms with Gasteiger partial charge in [-0.2, -0.15) is 0 Å². The summed E-state index contributed by atoms with van der Waals surface area (Å²) in [6, 6.07) is 6.39. The Morgan fingerprint density at radius 1 is 1.21 bits per heavy atom. The Morgan fingerprint density at radius 2 is 2.00 bits per heavy atom. The summed E-state index contributed by atoms with van der Waals surface area (Å²) in [6.45, 7) is 3.29. The number of halogens is 1. The summed E-state index contributed by atoms with van der Waals surface area (Å²) in [5.41, 5.74) is -0.695. The molecule has 2 aliphatic heterocycles. The monoisotopic (exact) mass is 339 g/mol. The topological polar surface area (TPSA) is 62.2 Å². The van der Waals surface area contributed by atoms with Gasteiger partial charge in [0.2, 0.25) is 0 Å². The third kappa shape index (κ3) is 4.32. The predicted octanol–water partition coefficient (Wildman–Crippen LogP) is 0.973. The number of aliphatic hydroxyl groups excluding tert-OH is 1. The number of morpholine rings is 1. The maximum Gasteiger partial charge on any atom is 0.123 e. The van der Waals surface area contributed by atoms with E-state index in [4.69, 9.17) is 9.47 Å². The summed E-state index contributed by atoms with van der Waals surface area (Å²) < 4.78 is 24.6. The first-order valence-electron chi connectivity index (χ1n) is 8.54. The van der Waals surface area contributed by atoms with E-state index in [1.807, 2.05) is 6.07 Å². The largest absolute Gasteiger partial charge is 0.393 e. The lowest BCUT2D eigenvalue weighted by Crippen LogP contribution is -2.59. The molecule has 0 unspecified atom stereocenters. The van der Waals surface area contributed by atoms with Crippen molar-refractivity contribution < 1.29 is 24.1 Å². The van der Waals surface area contributed by atoms with Crippen LogP contribution in [-0.4, -0.2) is 72.4 Å². The van der Waals surface area contributed by atoms with Gasteiger partial charge in [0.25, 0.3) is 0 Å². The van der Waals surface area contributed by atoms with Gasteiger partial charge in [0.15, 0.2) is 0 Å². The highest BCUT2D eigenvalue weighted by atomic mass is 19.1. The van der Waals surface area contributed by atoms with E-state index in [0.717, 1.165) is 5.56 Å². The predicted molar refractivity (Wildman–Crippen MR) is 87.3 cm³/mol. The maximum atomic E-state index is 13.4. The average Bonchev–Trinajstić information content (AvgIpc) is 2.55. The fraction of sp³-hybridized carbons (Fsp3) is 0.667. The van der Waals surface area contributed by atoms with Crippen LogP contribution in [0.1, 0.15) is 18.4 Å². The average molecular weight is 339 g/mol. The number of ether oxygens (including phenoxy) is 2. The van der Waals surface area contributed by atoms with Crippen LogP contribution in [0.15, 0.2) is 24.3 Å². The number of aliphatic hydroxyl groups is 2. The molecule has 3 rings (SSSR count). The van der Waals surface area contributed by atoms with Crippen molar-refractivity contribution >= 4 is 0 Å². The molecule has 2 N–H and O–H groups in total. The third-order valence-corrected chi connectivity index (χ3v) is 4.97. The highest BCUT2D eigenvalue weighted by Gasteiger charge is 2.40. The third-order valence-electron chi connectivity index (χ3n) is 4.97. The number of β-amino-alcohol motifs (C(OH)–C–C–N with tert-alkyl or cyclic N) is 1. The normalized spacial score (nSPS) is 28.0. The molecule has 0 saturated carbocycles. The SMILES string of the molecule is OC[C@@]1(Cc2cccc(F)c2)CN(CC2(O)CCOCC2)CCO1. The van der Waals surface area contributed by atoms with Crippen LogP contribution in [0.2, 0.25) is 0 Å². The smallest absolute Gasteiger partial charge is 0.123 e. The van der Waals surface area contributed by atoms with E-state index in [9.17, 15) is 14.6 Å². The van der Waals surface area contributed by atoms with Gasteiger partial charge in [-0.05, 0) is 17.7 Å². The van der Waals surface area contributed by atoms with Crippen LogP contribution < -0.4 is 0 Å². The van der Waals surface area contributed by atoms with Gasteiger partial charge in [-0.25, -0.2) is 4.39 Å². The minimum absolute atomic E-state index is 0.137. The Morgan fingerprint density at radius 3 is 2.71 bits per heavy atom. The molecule has 2 saturated heterocycles. The lowest BCUT2D eigenvalue weighted by molar-refractivity contribution is -0.152. The molecule has 0 bridgehead atoms. The number of rotatable bonds is 5. The Balaban J connectivity index is 1.67. The number of benzene rings is 1. The Kier molecular flexibility index (Phi) is 5.52. The van der Waals surface area contributed by atoms with Crippen molar-refractivity contribution in [1.82, 2.24) is 4.90 Å². The molecule has 1 aromatic carbocycles. The first-order chi connectivity index (χ1) is 11.5. The van der Waals surface area contributed by atoms with E-state index < -0.39 is 11.2 Å². The Bertz CT molecular complexity index is 550. The number of hydrogen-bond donors (Lipinski definition) is 2. The zero-order valence-corrected chi connectivity index (χ0v) is 13.9. The first-order valence-corrected chi connectivity index (χ1v) is 8.54. The lowest BCUT2D eigenvalue weighted by Gasteiger charge is -2.45. The van der Waals surface area contributed by atoms with Crippen LogP contribution in [-0.2, 0) is 15.9 Å². The van der Waals surface area contributed by atoms with Crippen molar-refractivity contribution in [2.75, 3.05) is 46.1 Å². The van der Waals surface area contributed by atoms with Gasteiger partial charge < -0.3 is 19.7 Å². The van der Waals surface area contributed by atoms with Crippen molar-refractivity contribution in [1.29, 1.82) is 0 Å². The second-order valence-corrected chi connectivity index (χ2v) is 7.04. The van der Waals surface area contributed by atoms with Gasteiger partial charge >= 0.3 is 0 Å². The zero-order chi connectivity index (χ0) is 17.0. The van der Waals surface area contributed by atoms with Crippen molar-refractivity contribution in [3.8, 4) is 0 Å². The van der Waals surface area contributed by atoms with Gasteiger partial charge in [0, 0.05) is 52.1 Å². The summed E-state index contributed by atoms with van der Waals surface area (Å²) in [4.78, 5) is 2.14. The highest BCUT2D eigenvalue weighted by Crippen LogP contribution is 2.27. The molecule has 0 aliphatic carbocycles. The van der Waals surface area contributed by atoms with E-state index >= 15 is 0 Å². The molecule has 6 heteroatoms. The Labute approximate surface area is 142 Å². The van der Waals surface area contributed by atoms with Crippen LogP contribution in [0.4, 0.5) is 4.39 Å². The zero-order valence-electron chi connectivity index (χ0n) is 13.9. The molecule has 0 spiro atoms. The maximum absolute atomic E-state index is 13.4. The van der Waals surface area contributed by atoms with Gasteiger partial charge in [-0.15, -0.1) is 0 Å². The van der Waals surface area contributed by atoms with Crippen LogP contribution in [0.5, 0.6) is 0 Å². The van der Waals surface area contributed by atoms with E-state index in [1.165, 1.54) is 12.1 Å². The molecule has 134 valence electrons. The molecule has 0 amide bonds. The van der Waals surface area contributed by atoms with Gasteiger partial charge in [0.05, 0.1) is 18.8 Å². The Hall–Kier alpha value is -1.05.